The molecule has 1 aliphatic heterocycles. The minimum Gasteiger partial charge on any atom is -0.493 e. The zero-order valence-corrected chi connectivity index (χ0v) is 13.7. The zero-order chi connectivity index (χ0) is 17.0. The molecule has 1 fully saturated rings. The number of methoxy groups -OCH3 is 1. The summed E-state index contributed by atoms with van der Waals surface area (Å²) in [5, 5.41) is 11.4. The molecule has 1 saturated heterocycles. The molecule has 7 nitrogen and oxygen atoms in total. The molecule has 1 amide bonds. The van der Waals surface area contributed by atoms with Crippen molar-refractivity contribution in [3.8, 4) is 11.5 Å². The van der Waals surface area contributed by atoms with Gasteiger partial charge in [0.05, 0.1) is 24.7 Å². The molecule has 126 valence electrons. The quantitative estimate of drug-likeness (QED) is 0.615. The van der Waals surface area contributed by atoms with Crippen LogP contribution < -0.4 is 9.47 Å². The first-order valence-electron chi connectivity index (χ1n) is 7.76. The van der Waals surface area contributed by atoms with Gasteiger partial charge in [-0.1, -0.05) is 6.92 Å². The Morgan fingerprint density at radius 2 is 2.17 bits per heavy atom. The lowest BCUT2D eigenvalue weighted by Gasteiger charge is -2.31. The molecular weight excluding hydrogens is 300 g/mol. The molecular formula is C16H22N2O5. The lowest BCUT2D eigenvalue weighted by Crippen LogP contribution is -2.39. The summed E-state index contributed by atoms with van der Waals surface area (Å²) >= 11 is 0. The Morgan fingerprint density at radius 1 is 1.43 bits per heavy atom. The van der Waals surface area contributed by atoms with Crippen LogP contribution in [0.3, 0.4) is 0 Å². The molecule has 2 rings (SSSR count). The molecule has 1 atom stereocenters. The van der Waals surface area contributed by atoms with Crippen LogP contribution in [0.5, 0.6) is 11.5 Å². The van der Waals surface area contributed by atoms with Gasteiger partial charge in [0, 0.05) is 19.2 Å². The summed E-state index contributed by atoms with van der Waals surface area (Å²) in [5.74, 6) is 0.664. The molecule has 1 aromatic carbocycles. The van der Waals surface area contributed by atoms with E-state index in [0.717, 1.165) is 12.8 Å². The van der Waals surface area contributed by atoms with Crippen LogP contribution in [0.2, 0.25) is 0 Å². The second kappa shape index (κ2) is 7.30. The third-order valence-corrected chi connectivity index (χ3v) is 3.95. The molecule has 1 aliphatic rings. The van der Waals surface area contributed by atoms with Crippen LogP contribution in [0.1, 0.15) is 37.0 Å². The summed E-state index contributed by atoms with van der Waals surface area (Å²) in [6.45, 7) is 5.44. The summed E-state index contributed by atoms with van der Waals surface area (Å²) in [4.78, 5) is 25.2. The molecule has 0 spiro atoms. The number of carbonyl (C=O) groups excluding carboxylic acids is 1. The molecule has 0 saturated carbocycles. The Kier molecular flexibility index (Phi) is 5.41. The Hall–Kier alpha value is -2.31. The van der Waals surface area contributed by atoms with E-state index in [1.54, 1.807) is 11.8 Å². The fourth-order valence-corrected chi connectivity index (χ4v) is 2.84. The van der Waals surface area contributed by atoms with E-state index in [4.69, 9.17) is 9.47 Å². The van der Waals surface area contributed by atoms with Crippen molar-refractivity contribution in [3.63, 3.8) is 0 Å². The Morgan fingerprint density at radius 3 is 2.74 bits per heavy atom. The predicted molar refractivity (Wildman–Crippen MR) is 85.1 cm³/mol. The van der Waals surface area contributed by atoms with Gasteiger partial charge < -0.3 is 14.4 Å². The van der Waals surface area contributed by atoms with E-state index in [0.29, 0.717) is 31.4 Å². The van der Waals surface area contributed by atoms with Crippen molar-refractivity contribution in [2.75, 3.05) is 26.8 Å². The van der Waals surface area contributed by atoms with Crippen LogP contribution in [-0.4, -0.2) is 42.5 Å². The van der Waals surface area contributed by atoms with Gasteiger partial charge in [-0.2, -0.15) is 0 Å². The molecule has 0 bridgehead atoms. The highest BCUT2D eigenvalue weighted by Crippen LogP contribution is 2.35. The van der Waals surface area contributed by atoms with E-state index in [-0.39, 0.29) is 22.9 Å². The maximum Gasteiger partial charge on any atom is 0.286 e. The summed E-state index contributed by atoms with van der Waals surface area (Å²) in [6.07, 6.45) is 1.98. The van der Waals surface area contributed by atoms with Crippen molar-refractivity contribution in [3.05, 3.63) is 27.8 Å². The summed E-state index contributed by atoms with van der Waals surface area (Å²) in [7, 11) is 1.45. The average Bonchev–Trinajstić information content (AvgIpc) is 2.54. The fraction of sp³-hybridized carbons (Fsp3) is 0.562. The molecule has 7 heteroatoms. The SMILES string of the molecule is CCOc1cc([N+](=O)[O-])c(C(=O)N2CCCC(C)C2)cc1OC. The predicted octanol–water partition coefficient (Wildman–Crippen LogP) is 2.87. The van der Waals surface area contributed by atoms with Gasteiger partial charge in [-0.25, -0.2) is 0 Å². The molecule has 1 aromatic rings. The van der Waals surface area contributed by atoms with Crippen LogP contribution in [0.4, 0.5) is 5.69 Å². The molecule has 0 aliphatic carbocycles. The highest BCUT2D eigenvalue weighted by molar-refractivity contribution is 5.99. The van der Waals surface area contributed by atoms with Gasteiger partial charge in [0.25, 0.3) is 11.6 Å². The number of hydrogen-bond donors (Lipinski definition) is 0. The molecule has 0 N–H and O–H groups in total. The third-order valence-electron chi connectivity index (χ3n) is 3.95. The van der Waals surface area contributed by atoms with Gasteiger partial charge in [-0.05, 0) is 25.7 Å². The molecule has 1 heterocycles. The summed E-state index contributed by atoms with van der Waals surface area (Å²) < 4.78 is 10.6. The first kappa shape index (κ1) is 17.1. The molecule has 1 unspecified atom stereocenters. The van der Waals surface area contributed by atoms with Crippen LogP contribution in [0, 0.1) is 16.0 Å². The maximum atomic E-state index is 12.7. The van der Waals surface area contributed by atoms with E-state index >= 15 is 0 Å². The normalized spacial score (nSPS) is 17.7. The van der Waals surface area contributed by atoms with E-state index in [1.807, 2.05) is 0 Å². The first-order chi connectivity index (χ1) is 11.0. The Labute approximate surface area is 135 Å². The number of carbonyl (C=O) groups is 1. The average molecular weight is 322 g/mol. The largest absolute Gasteiger partial charge is 0.493 e. The second-order valence-corrected chi connectivity index (χ2v) is 5.71. The van der Waals surface area contributed by atoms with Gasteiger partial charge in [0.15, 0.2) is 11.5 Å². The van der Waals surface area contributed by atoms with E-state index in [1.165, 1.54) is 19.2 Å². The number of nitro benzene ring substituents is 1. The highest BCUT2D eigenvalue weighted by Gasteiger charge is 2.30. The number of likely N-dealkylation sites (tertiary alicyclic amines) is 1. The van der Waals surface area contributed by atoms with Crippen LogP contribution >= 0.6 is 0 Å². The van der Waals surface area contributed by atoms with Crippen molar-refractivity contribution in [1.29, 1.82) is 0 Å². The lowest BCUT2D eigenvalue weighted by molar-refractivity contribution is -0.385. The highest BCUT2D eigenvalue weighted by atomic mass is 16.6. The molecule has 23 heavy (non-hydrogen) atoms. The van der Waals surface area contributed by atoms with Crippen molar-refractivity contribution in [2.24, 2.45) is 5.92 Å². The van der Waals surface area contributed by atoms with E-state index in [9.17, 15) is 14.9 Å². The number of hydrogen-bond acceptors (Lipinski definition) is 5. The fourth-order valence-electron chi connectivity index (χ4n) is 2.84. The van der Waals surface area contributed by atoms with E-state index < -0.39 is 4.92 Å². The van der Waals surface area contributed by atoms with Gasteiger partial charge in [0.1, 0.15) is 5.56 Å². The number of nitrogens with zero attached hydrogens (tertiary/aromatic N) is 2. The maximum absolute atomic E-state index is 12.7. The monoisotopic (exact) mass is 322 g/mol. The number of nitro groups is 1. The van der Waals surface area contributed by atoms with Crippen LogP contribution in [-0.2, 0) is 0 Å². The van der Waals surface area contributed by atoms with Gasteiger partial charge in [-0.15, -0.1) is 0 Å². The lowest BCUT2D eigenvalue weighted by atomic mass is 9.99. The Balaban J connectivity index is 2.42. The van der Waals surface area contributed by atoms with Crippen LogP contribution in [0.25, 0.3) is 0 Å². The van der Waals surface area contributed by atoms with Gasteiger partial charge in [-0.3, -0.25) is 14.9 Å². The number of piperidine rings is 1. The van der Waals surface area contributed by atoms with Crippen molar-refractivity contribution >= 4 is 11.6 Å². The number of rotatable bonds is 5. The number of ether oxygens (including phenoxy) is 2. The summed E-state index contributed by atoms with van der Waals surface area (Å²) in [5.41, 5.74) is -0.207. The first-order valence-corrected chi connectivity index (χ1v) is 7.76. The van der Waals surface area contributed by atoms with Crippen molar-refractivity contribution in [1.82, 2.24) is 4.90 Å². The minimum absolute atomic E-state index is 0.0457. The van der Waals surface area contributed by atoms with Crippen LogP contribution in [0.15, 0.2) is 12.1 Å². The molecule has 0 radical (unpaired) electrons. The Bertz CT molecular complexity index is 602. The second-order valence-electron chi connectivity index (χ2n) is 5.71. The number of benzene rings is 1. The number of amides is 1. The standard InChI is InChI=1S/C16H22N2O5/c1-4-23-15-9-13(18(20)21)12(8-14(15)22-3)16(19)17-7-5-6-11(2)10-17/h8-9,11H,4-7,10H2,1-3H3. The molecule has 0 aromatic heterocycles. The third kappa shape index (κ3) is 3.72. The van der Waals surface area contributed by atoms with Crippen molar-refractivity contribution < 1.29 is 19.2 Å². The van der Waals surface area contributed by atoms with Gasteiger partial charge >= 0.3 is 0 Å². The van der Waals surface area contributed by atoms with E-state index in [2.05, 4.69) is 6.92 Å². The topological polar surface area (TPSA) is 81.9 Å². The van der Waals surface area contributed by atoms with Gasteiger partial charge in [0.2, 0.25) is 0 Å². The minimum atomic E-state index is -0.553. The van der Waals surface area contributed by atoms with Crippen molar-refractivity contribution in [2.45, 2.75) is 26.7 Å². The smallest absolute Gasteiger partial charge is 0.286 e. The zero-order valence-electron chi connectivity index (χ0n) is 13.7. The summed E-state index contributed by atoms with van der Waals surface area (Å²) in [6, 6.07) is 2.67.